The van der Waals surface area contributed by atoms with Crippen LogP contribution in [-0.4, -0.2) is 34.8 Å². The van der Waals surface area contributed by atoms with Crippen LogP contribution in [0.15, 0.2) is 30.3 Å². The number of aromatic amines is 1. The molecule has 0 unspecified atom stereocenters. The fourth-order valence-corrected chi connectivity index (χ4v) is 3.44. The maximum Gasteiger partial charge on any atom is 0.270 e. The number of hydrogen-bond acceptors (Lipinski definition) is 2. The second-order valence-corrected chi connectivity index (χ2v) is 7.02. The Morgan fingerprint density at radius 2 is 1.60 bits per heavy atom. The van der Waals surface area contributed by atoms with E-state index in [0.29, 0.717) is 23.9 Å². The van der Waals surface area contributed by atoms with Crippen LogP contribution in [0.4, 0.5) is 27.6 Å². The lowest BCUT2D eigenvalue weighted by Crippen LogP contribution is -2.31. The molecule has 5 nitrogen and oxygen atoms in total. The Morgan fingerprint density at radius 3 is 2.30 bits per heavy atom. The van der Waals surface area contributed by atoms with Crippen molar-refractivity contribution in [1.29, 1.82) is 0 Å². The Bertz CT molecular complexity index is 1110. The van der Waals surface area contributed by atoms with Crippen LogP contribution in [0.5, 0.6) is 0 Å². The van der Waals surface area contributed by atoms with Crippen molar-refractivity contribution in [2.24, 2.45) is 5.92 Å². The molecule has 1 fully saturated rings. The van der Waals surface area contributed by atoms with Crippen molar-refractivity contribution < 1.29 is 31.5 Å². The zero-order chi connectivity index (χ0) is 21.6. The third-order valence-corrected chi connectivity index (χ3v) is 4.99. The summed E-state index contributed by atoms with van der Waals surface area (Å²) in [7, 11) is 0. The van der Waals surface area contributed by atoms with Crippen molar-refractivity contribution >= 4 is 28.4 Å². The molecule has 0 bridgehead atoms. The number of carbonyl (C=O) groups excluding carboxylic acids is 2. The number of amides is 2. The van der Waals surface area contributed by atoms with Crippen LogP contribution in [0.1, 0.15) is 16.9 Å². The average molecular weight is 423 g/mol. The Balaban J connectivity index is 1.45. The first kappa shape index (κ1) is 19.9. The highest BCUT2D eigenvalue weighted by atomic mass is 19.2. The van der Waals surface area contributed by atoms with E-state index in [1.54, 1.807) is 0 Å². The number of anilines is 1. The van der Waals surface area contributed by atoms with Crippen LogP contribution in [0.2, 0.25) is 0 Å². The van der Waals surface area contributed by atoms with Crippen LogP contribution in [0.3, 0.4) is 0 Å². The quantitative estimate of drug-likeness (QED) is 0.495. The van der Waals surface area contributed by atoms with Gasteiger partial charge in [0.15, 0.2) is 29.1 Å². The zero-order valence-electron chi connectivity index (χ0n) is 15.2. The molecule has 2 heterocycles. The van der Waals surface area contributed by atoms with Crippen molar-refractivity contribution in [3.63, 3.8) is 0 Å². The summed E-state index contributed by atoms with van der Waals surface area (Å²) in [5.74, 6) is -8.26. The largest absolute Gasteiger partial charge is 0.350 e. The van der Waals surface area contributed by atoms with E-state index in [9.17, 15) is 31.5 Å². The Hall–Kier alpha value is -3.43. The van der Waals surface area contributed by atoms with Gasteiger partial charge in [0.25, 0.3) is 5.91 Å². The van der Waals surface area contributed by atoms with E-state index in [0.717, 1.165) is 12.1 Å². The number of nitrogens with one attached hydrogen (secondary N) is 2. The van der Waals surface area contributed by atoms with E-state index >= 15 is 0 Å². The third kappa shape index (κ3) is 3.60. The van der Waals surface area contributed by atoms with Crippen molar-refractivity contribution in [3.05, 3.63) is 65.1 Å². The van der Waals surface area contributed by atoms with Gasteiger partial charge in [-0.3, -0.25) is 9.59 Å². The molecular formula is C20H14F5N3O2. The number of aromatic nitrogens is 1. The SMILES string of the molecule is O=C(Nc1cc(F)c(F)c(F)c1)[C@H]1CCN(C(=O)c2cc3cc(F)c(F)cc3[nH]2)C1. The zero-order valence-corrected chi connectivity index (χ0v) is 15.2. The third-order valence-electron chi connectivity index (χ3n) is 4.99. The monoisotopic (exact) mass is 423 g/mol. The second-order valence-electron chi connectivity index (χ2n) is 7.02. The minimum Gasteiger partial charge on any atom is -0.350 e. The van der Waals surface area contributed by atoms with Crippen LogP contribution < -0.4 is 5.32 Å². The average Bonchev–Trinajstić information content (AvgIpc) is 3.33. The number of H-pyrrole nitrogens is 1. The summed E-state index contributed by atoms with van der Waals surface area (Å²) in [4.78, 5) is 29.1. The Labute approximate surface area is 166 Å². The summed E-state index contributed by atoms with van der Waals surface area (Å²) in [6.45, 7) is 0.274. The maximum atomic E-state index is 13.4. The van der Waals surface area contributed by atoms with E-state index in [-0.39, 0.29) is 30.0 Å². The second kappa shape index (κ2) is 7.43. The molecule has 0 radical (unpaired) electrons. The first-order valence-corrected chi connectivity index (χ1v) is 8.95. The van der Waals surface area contributed by atoms with Crippen LogP contribution in [0, 0.1) is 35.0 Å². The number of likely N-dealkylation sites (tertiary alicyclic amines) is 1. The molecule has 0 spiro atoms. The fourth-order valence-electron chi connectivity index (χ4n) is 3.44. The van der Waals surface area contributed by atoms with Gasteiger partial charge >= 0.3 is 0 Å². The van der Waals surface area contributed by atoms with E-state index in [1.807, 2.05) is 0 Å². The lowest BCUT2D eigenvalue weighted by atomic mass is 10.1. The molecule has 3 aromatic rings. The number of carbonyl (C=O) groups is 2. The van der Waals surface area contributed by atoms with E-state index in [4.69, 9.17) is 0 Å². The maximum absolute atomic E-state index is 13.4. The van der Waals surface area contributed by atoms with Crippen LogP contribution in [0.25, 0.3) is 10.9 Å². The van der Waals surface area contributed by atoms with E-state index in [2.05, 4.69) is 10.3 Å². The lowest BCUT2D eigenvalue weighted by molar-refractivity contribution is -0.119. The predicted octanol–water partition coefficient (Wildman–Crippen LogP) is 3.96. The van der Waals surface area contributed by atoms with Crippen molar-refractivity contribution in [3.8, 4) is 0 Å². The molecule has 10 heteroatoms. The first-order chi connectivity index (χ1) is 14.2. The van der Waals surface area contributed by atoms with Crippen LogP contribution in [-0.2, 0) is 4.79 Å². The van der Waals surface area contributed by atoms with E-state index in [1.165, 1.54) is 11.0 Å². The number of halogens is 5. The topological polar surface area (TPSA) is 65.2 Å². The van der Waals surface area contributed by atoms with Gasteiger partial charge in [0.2, 0.25) is 5.91 Å². The highest BCUT2D eigenvalue weighted by Crippen LogP contribution is 2.24. The smallest absolute Gasteiger partial charge is 0.270 e. The molecular weight excluding hydrogens is 409 g/mol. The Kier molecular flexibility index (Phi) is 4.92. The molecule has 1 aliphatic heterocycles. The van der Waals surface area contributed by atoms with Crippen molar-refractivity contribution in [2.45, 2.75) is 6.42 Å². The molecule has 0 saturated carbocycles. The van der Waals surface area contributed by atoms with Gasteiger partial charge in [-0.15, -0.1) is 0 Å². The number of benzene rings is 2. The van der Waals surface area contributed by atoms with Gasteiger partial charge in [0.1, 0.15) is 5.69 Å². The number of hydrogen-bond donors (Lipinski definition) is 2. The summed E-state index contributed by atoms with van der Waals surface area (Å²) >= 11 is 0. The highest BCUT2D eigenvalue weighted by molar-refractivity contribution is 5.99. The molecule has 2 aromatic carbocycles. The molecule has 30 heavy (non-hydrogen) atoms. The highest BCUT2D eigenvalue weighted by Gasteiger charge is 2.32. The number of rotatable bonds is 3. The summed E-state index contributed by atoms with van der Waals surface area (Å²) in [5.41, 5.74) is 0.130. The summed E-state index contributed by atoms with van der Waals surface area (Å²) in [5, 5.41) is 2.64. The molecule has 1 aliphatic rings. The summed E-state index contributed by atoms with van der Waals surface area (Å²) < 4.78 is 66.3. The van der Waals surface area contributed by atoms with Crippen molar-refractivity contribution in [1.82, 2.24) is 9.88 Å². The minimum absolute atomic E-state index is 0.0366. The van der Waals surface area contributed by atoms with Crippen LogP contribution >= 0.6 is 0 Å². The fraction of sp³-hybridized carbons (Fsp3) is 0.200. The Morgan fingerprint density at radius 1 is 0.933 bits per heavy atom. The molecule has 4 rings (SSSR count). The van der Waals surface area contributed by atoms with Gasteiger partial charge in [0, 0.05) is 47.9 Å². The first-order valence-electron chi connectivity index (χ1n) is 8.95. The number of nitrogens with zero attached hydrogens (tertiary/aromatic N) is 1. The molecule has 156 valence electrons. The minimum atomic E-state index is -1.64. The normalized spacial score (nSPS) is 16.3. The molecule has 2 N–H and O–H groups in total. The predicted molar refractivity (Wildman–Crippen MR) is 97.2 cm³/mol. The molecule has 0 aliphatic carbocycles. The van der Waals surface area contributed by atoms with Gasteiger partial charge in [-0.1, -0.05) is 0 Å². The van der Waals surface area contributed by atoms with Gasteiger partial charge < -0.3 is 15.2 Å². The van der Waals surface area contributed by atoms with E-state index < -0.39 is 46.8 Å². The van der Waals surface area contributed by atoms with Gasteiger partial charge in [-0.25, -0.2) is 22.0 Å². The van der Waals surface area contributed by atoms with Gasteiger partial charge in [-0.2, -0.15) is 0 Å². The molecule has 1 saturated heterocycles. The van der Waals surface area contributed by atoms with Crippen molar-refractivity contribution in [2.75, 3.05) is 18.4 Å². The summed E-state index contributed by atoms with van der Waals surface area (Å²) in [6.07, 6.45) is 0.299. The molecule has 2 amide bonds. The van der Waals surface area contributed by atoms with Gasteiger partial charge in [0.05, 0.1) is 5.92 Å². The standard InChI is InChI=1S/C20H14F5N3O2/c21-12-3-10-4-17(27-16(10)7-13(12)22)20(30)28-2-1-9(8-28)19(29)26-11-5-14(23)18(25)15(24)6-11/h3-7,9,27H,1-2,8H2,(H,26,29)/t9-/m0/s1. The molecule has 1 atom stereocenters. The number of fused-ring (bicyclic) bond motifs is 1. The summed E-state index contributed by atoms with van der Waals surface area (Å²) in [6, 6.07) is 4.63. The molecule has 1 aromatic heterocycles. The van der Waals surface area contributed by atoms with Gasteiger partial charge in [-0.05, 0) is 18.6 Å². The lowest BCUT2D eigenvalue weighted by Gasteiger charge is -2.15.